The number of hydrogen-bond donors (Lipinski definition) is 2. The number of rotatable bonds is 7. The van der Waals surface area contributed by atoms with Gasteiger partial charge in [0.1, 0.15) is 11.5 Å². The molecule has 0 radical (unpaired) electrons. The van der Waals surface area contributed by atoms with E-state index in [4.69, 9.17) is 9.98 Å². The van der Waals surface area contributed by atoms with Crippen molar-refractivity contribution in [1.82, 2.24) is 0 Å². The number of hydrogen-bond acceptors (Lipinski definition) is 6. The van der Waals surface area contributed by atoms with E-state index < -0.39 is 0 Å². The van der Waals surface area contributed by atoms with Gasteiger partial charge in [-0.2, -0.15) is 0 Å². The van der Waals surface area contributed by atoms with Gasteiger partial charge in [-0.25, -0.2) is 0 Å². The molecule has 0 atom stereocenters. The Morgan fingerprint density at radius 3 is 1.32 bits per heavy atom. The molecule has 0 amide bonds. The van der Waals surface area contributed by atoms with Gasteiger partial charge in [-0.3, -0.25) is 9.98 Å². The average Bonchev–Trinajstić information content (AvgIpc) is 3.00. The van der Waals surface area contributed by atoms with Crippen LogP contribution < -0.4 is 0 Å². The largest absolute Gasteiger partial charge is 0.507 e. The maximum atomic E-state index is 10.5. The highest BCUT2D eigenvalue weighted by Gasteiger charge is 2.09. The summed E-state index contributed by atoms with van der Waals surface area (Å²) in [6.07, 6.45) is 3.47. The fourth-order valence-electron chi connectivity index (χ4n) is 4.47. The number of aromatic hydroxyl groups is 2. The predicted molar refractivity (Wildman–Crippen MR) is 170 cm³/mol. The number of phenols is 2. The minimum atomic E-state index is 0.200. The normalized spacial score (nSPS) is 11.7. The molecule has 40 heavy (non-hydrogen) atoms. The number of phenolic OH excluding ortho intramolecular Hbond substituents is 2. The van der Waals surface area contributed by atoms with Crippen LogP contribution in [0.25, 0.3) is 21.5 Å². The summed E-state index contributed by atoms with van der Waals surface area (Å²) in [4.78, 5) is 11.5. The molecule has 0 unspecified atom stereocenters. The zero-order chi connectivity index (χ0) is 27.3. The van der Waals surface area contributed by atoms with Crippen LogP contribution >= 0.6 is 21.6 Å². The van der Waals surface area contributed by atoms with E-state index in [2.05, 4.69) is 0 Å². The van der Waals surface area contributed by atoms with Crippen molar-refractivity contribution in [3.8, 4) is 11.5 Å². The summed E-state index contributed by atoms with van der Waals surface area (Å²) in [5.41, 5.74) is 3.02. The lowest BCUT2D eigenvalue weighted by atomic mass is 10.0. The minimum absolute atomic E-state index is 0.200. The summed E-state index contributed by atoms with van der Waals surface area (Å²) in [5.74, 6) is 0.400. The topological polar surface area (TPSA) is 65.2 Å². The van der Waals surface area contributed by atoms with Gasteiger partial charge in [0.25, 0.3) is 0 Å². The third-order valence-corrected chi connectivity index (χ3v) is 8.97. The van der Waals surface area contributed by atoms with Crippen LogP contribution in [0, 0.1) is 0 Å². The second-order valence-electron chi connectivity index (χ2n) is 9.06. The summed E-state index contributed by atoms with van der Waals surface area (Å²) < 4.78 is 0. The maximum absolute atomic E-state index is 10.5. The predicted octanol–water partition coefficient (Wildman–Crippen LogP) is 9.70. The van der Waals surface area contributed by atoms with Crippen molar-refractivity contribution in [1.29, 1.82) is 0 Å². The van der Waals surface area contributed by atoms with E-state index in [1.54, 1.807) is 46.1 Å². The van der Waals surface area contributed by atoms with Gasteiger partial charge in [-0.1, -0.05) is 107 Å². The van der Waals surface area contributed by atoms with E-state index in [-0.39, 0.29) is 11.5 Å². The van der Waals surface area contributed by atoms with Gasteiger partial charge in [0.2, 0.25) is 0 Å². The number of benzene rings is 6. The Labute approximate surface area is 240 Å². The Morgan fingerprint density at radius 2 is 0.850 bits per heavy atom. The van der Waals surface area contributed by atoms with E-state index in [0.29, 0.717) is 11.1 Å². The summed E-state index contributed by atoms with van der Waals surface area (Å²) in [6, 6.07) is 39.0. The fraction of sp³-hybridized carbons (Fsp3) is 0. The van der Waals surface area contributed by atoms with Gasteiger partial charge >= 0.3 is 0 Å². The van der Waals surface area contributed by atoms with Crippen LogP contribution in [-0.4, -0.2) is 22.6 Å². The van der Waals surface area contributed by atoms with Crippen molar-refractivity contribution in [3.05, 3.63) is 132 Å². The molecule has 4 nitrogen and oxygen atoms in total. The third kappa shape index (κ3) is 5.45. The molecule has 0 saturated heterocycles. The lowest BCUT2D eigenvalue weighted by Gasteiger charge is -2.08. The molecule has 0 fully saturated rings. The van der Waals surface area contributed by atoms with Crippen molar-refractivity contribution in [2.75, 3.05) is 0 Å². The molecule has 194 valence electrons. The van der Waals surface area contributed by atoms with Crippen LogP contribution in [0.3, 0.4) is 0 Å². The Balaban J connectivity index is 1.26. The van der Waals surface area contributed by atoms with E-state index >= 15 is 0 Å². The summed E-state index contributed by atoms with van der Waals surface area (Å²) in [7, 11) is 3.20. The monoisotopic (exact) mass is 556 g/mol. The Bertz CT molecular complexity index is 1760. The first kappa shape index (κ1) is 25.7. The molecular weight excluding hydrogens is 533 g/mol. The highest BCUT2D eigenvalue weighted by molar-refractivity contribution is 8.76. The van der Waals surface area contributed by atoms with Gasteiger partial charge in [0.15, 0.2) is 0 Å². The van der Waals surface area contributed by atoms with Crippen LogP contribution in [0.1, 0.15) is 11.1 Å². The molecule has 0 saturated carbocycles. The minimum Gasteiger partial charge on any atom is -0.507 e. The molecule has 0 spiro atoms. The van der Waals surface area contributed by atoms with Crippen LogP contribution in [0.4, 0.5) is 11.4 Å². The van der Waals surface area contributed by atoms with E-state index in [0.717, 1.165) is 42.7 Å². The molecule has 2 N–H and O–H groups in total. The van der Waals surface area contributed by atoms with E-state index in [9.17, 15) is 10.2 Å². The van der Waals surface area contributed by atoms with Crippen molar-refractivity contribution in [2.24, 2.45) is 9.98 Å². The molecule has 0 heterocycles. The number of para-hydroxylation sites is 2. The Kier molecular flexibility index (Phi) is 7.53. The third-order valence-electron chi connectivity index (χ3n) is 6.51. The molecule has 0 bridgehead atoms. The van der Waals surface area contributed by atoms with Crippen LogP contribution in [0.2, 0.25) is 0 Å². The van der Waals surface area contributed by atoms with Gasteiger partial charge < -0.3 is 10.2 Å². The summed E-state index contributed by atoms with van der Waals surface area (Å²) in [5, 5.41) is 25.0. The zero-order valence-corrected chi connectivity index (χ0v) is 22.9. The van der Waals surface area contributed by atoms with E-state index in [1.807, 2.05) is 109 Å². The first-order valence-electron chi connectivity index (χ1n) is 12.7. The summed E-state index contributed by atoms with van der Waals surface area (Å²) >= 11 is 0. The van der Waals surface area contributed by atoms with Crippen LogP contribution in [-0.2, 0) is 0 Å². The van der Waals surface area contributed by atoms with Crippen molar-refractivity contribution in [3.63, 3.8) is 0 Å². The number of aliphatic imine (C=N–C) groups is 2. The summed E-state index contributed by atoms with van der Waals surface area (Å²) in [6.45, 7) is 0. The molecule has 6 heteroatoms. The van der Waals surface area contributed by atoms with Gasteiger partial charge in [0.05, 0.1) is 11.4 Å². The second kappa shape index (κ2) is 11.7. The fourth-order valence-corrected chi connectivity index (χ4v) is 6.71. The molecule has 0 aliphatic heterocycles. The smallest absolute Gasteiger partial charge is 0.124 e. The second-order valence-corrected chi connectivity index (χ2v) is 11.3. The van der Waals surface area contributed by atoms with E-state index in [1.165, 1.54) is 0 Å². The highest BCUT2D eigenvalue weighted by atomic mass is 33.1. The zero-order valence-electron chi connectivity index (χ0n) is 21.3. The highest BCUT2D eigenvalue weighted by Crippen LogP contribution is 2.45. The Hall–Kier alpha value is -4.52. The van der Waals surface area contributed by atoms with Crippen LogP contribution in [0.5, 0.6) is 11.5 Å². The van der Waals surface area contributed by atoms with Crippen molar-refractivity contribution >= 4 is 66.9 Å². The van der Waals surface area contributed by atoms with Gasteiger partial charge in [-0.15, -0.1) is 0 Å². The molecular formula is C34H24N2O2S2. The number of fused-ring (bicyclic) bond motifs is 2. The van der Waals surface area contributed by atoms with Gasteiger partial charge in [-0.05, 0) is 57.9 Å². The SMILES string of the molecule is Oc1ccc2ccccc2c1C=Nc1ccccc1SSc1ccccc1N=Cc1c(O)ccc2ccccc12. The molecule has 6 aromatic carbocycles. The Morgan fingerprint density at radius 1 is 0.450 bits per heavy atom. The molecule has 6 aromatic rings. The quantitative estimate of drug-likeness (QED) is 0.152. The standard InChI is InChI=1S/C34H24N2O2S2/c37-31-19-17-23-9-1-3-11-25(23)27(31)21-35-29-13-5-7-15-33(29)39-40-34-16-8-6-14-30(34)36-22-28-26-12-4-2-10-24(26)18-20-32(28)38/h1-22,37-38H. The first-order valence-corrected chi connectivity index (χ1v) is 14.8. The maximum Gasteiger partial charge on any atom is 0.124 e. The lowest BCUT2D eigenvalue weighted by molar-refractivity contribution is 0.475. The molecule has 0 aliphatic rings. The molecule has 6 rings (SSSR count). The van der Waals surface area contributed by atoms with Gasteiger partial charge in [0, 0.05) is 33.3 Å². The van der Waals surface area contributed by atoms with Crippen molar-refractivity contribution in [2.45, 2.75) is 9.79 Å². The average molecular weight is 557 g/mol. The number of nitrogens with zero attached hydrogens (tertiary/aromatic N) is 2. The molecule has 0 aromatic heterocycles. The molecule has 0 aliphatic carbocycles. The van der Waals surface area contributed by atoms with Crippen LogP contribution in [0.15, 0.2) is 141 Å². The first-order chi connectivity index (χ1) is 19.7. The van der Waals surface area contributed by atoms with Crippen molar-refractivity contribution < 1.29 is 10.2 Å². The lowest BCUT2D eigenvalue weighted by Crippen LogP contribution is -1.86.